The van der Waals surface area contributed by atoms with Gasteiger partial charge in [0.25, 0.3) is 0 Å². The van der Waals surface area contributed by atoms with Gasteiger partial charge in [0.1, 0.15) is 5.82 Å². The van der Waals surface area contributed by atoms with Gasteiger partial charge in [-0.2, -0.15) is 0 Å². The Morgan fingerprint density at radius 2 is 1.68 bits per heavy atom. The predicted octanol–water partition coefficient (Wildman–Crippen LogP) is 5.39. The Morgan fingerprint density at radius 1 is 0.895 bits per heavy atom. The van der Waals surface area contributed by atoms with Crippen molar-refractivity contribution in [3.05, 3.63) is 59.4 Å². The molecule has 1 heteroatoms. The summed E-state index contributed by atoms with van der Waals surface area (Å²) < 4.78 is 14.3. The molecule has 0 aliphatic rings. The lowest BCUT2D eigenvalue weighted by molar-refractivity contribution is 0.641. The van der Waals surface area contributed by atoms with Crippen LogP contribution in [-0.2, 0) is 6.42 Å². The molecule has 0 spiro atoms. The zero-order chi connectivity index (χ0) is 13.4. The highest BCUT2D eigenvalue weighted by molar-refractivity contribution is 6.08. The summed E-state index contributed by atoms with van der Waals surface area (Å²) in [7, 11) is 0. The molecule has 0 aliphatic heterocycles. The molecule has 3 aromatic rings. The maximum absolute atomic E-state index is 14.3. The second-order valence-electron chi connectivity index (χ2n) is 5.21. The van der Waals surface area contributed by atoms with Gasteiger partial charge in [-0.3, -0.25) is 0 Å². The minimum Gasteiger partial charge on any atom is -0.206 e. The van der Waals surface area contributed by atoms with Crippen LogP contribution in [0.5, 0.6) is 0 Å². The molecule has 96 valence electrons. The Bertz CT molecular complexity index is 756. The maximum Gasteiger partial charge on any atom is 0.131 e. The van der Waals surface area contributed by atoms with Gasteiger partial charge in [-0.05, 0) is 47.2 Å². The Morgan fingerprint density at radius 3 is 2.47 bits per heavy atom. The average Bonchev–Trinajstić information content (AvgIpc) is 2.39. The minimum absolute atomic E-state index is 0.119. The lowest BCUT2D eigenvalue weighted by atomic mass is 9.97. The van der Waals surface area contributed by atoms with Crippen LogP contribution in [0.25, 0.3) is 21.5 Å². The molecule has 0 N–H and O–H groups in total. The summed E-state index contributed by atoms with van der Waals surface area (Å²) in [4.78, 5) is 0. The van der Waals surface area contributed by atoms with Crippen molar-refractivity contribution in [2.75, 3.05) is 0 Å². The Labute approximate surface area is 112 Å². The molecule has 0 aromatic heterocycles. The molecule has 0 amide bonds. The zero-order valence-corrected chi connectivity index (χ0v) is 11.3. The molecule has 0 nitrogen and oxygen atoms in total. The summed E-state index contributed by atoms with van der Waals surface area (Å²) in [6.45, 7) is 4.18. The molecule has 0 atom stereocenters. The summed E-state index contributed by atoms with van der Waals surface area (Å²) in [6, 6.07) is 14.0. The fourth-order valence-corrected chi connectivity index (χ4v) is 2.73. The van der Waals surface area contributed by atoms with Crippen molar-refractivity contribution in [2.24, 2.45) is 0 Å². The van der Waals surface area contributed by atoms with Crippen LogP contribution in [0.1, 0.15) is 24.5 Å². The fourth-order valence-electron chi connectivity index (χ4n) is 2.73. The van der Waals surface area contributed by atoms with Gasteiger partial charge in [-0.25, -0.2) is 4.39 Å². The molecule has 0 fully saturated rings. The lowest BCUT2D eigenvalue weighted by Crippen LogP contribution is -1.88. The van der Waals surface area contributed by atoms with E-state index in [1.54, 1.807) is 6.07 Å². The predicted molar refractivity (Wildman–Crippen MR) is 80.1 cm³/mol. The topological polar surface area (TPSA) is 0 Å². The molecule has 0 aliphatic carbocycles. The summed E-state index contributed by atoms with van der Waals surface area (Å²) in [5, 5.41) is 3.86. The average molecular weight is 252 g/mol. The van der Waals surface area contributed by atoms with Crippen LogP contribution < -0.4 is 0 Å². The van der Waals surface area contributed by atoms with E-state index in [9.17, 15) is 4.39 Å². The van der Waals surface area contributed by atoms with Crippen molar-refractivity contribution in [3.63, 3.8) is 0 Å². The first-order valence-electron chi connectivity index (χ1n) is 6.80. The quantitative estimate of drug-likeness (QED) is 0.536. The summed E-state index contributed by atoms with van der Waals surface area (Å²) in [5.41, 5.74) is 2.37. The monoisotopic (exact) mass is 252 g/mol. The number of aryl methyl sites for hydroxylation is 2. The highest BCUT2D eigenvalue weighted by Crippen LogP contribution is 2.29. The molecule has 0 bridgehead atoms. The van der Waals surface area contributed by atoms with Crippen LogP contribution in [0.3, 0.4) is 0 Å². The molecular weight excluding hydrogens is 235 g/mol. The second-order valence-corrected chi connectivity index (χ2v) is 5.21. The van der Waals surface area contributed by atoms with Crippen LogP contribution in [0.2, 0.25) is 0 Å². The van der Waals surface area contributed by atoms with E-state index in [-0.39, 0.29) is 5.82 Å². The van der Waals surface area contributed by atoms with Crippen LogP contribution in [-0.4, -0.2) is 0 Å². The zero-order valence-electron chi connectivity index (χ0n) is 11.3. The van der Waals surface area contributed by atoms with E-state index in [1.807, 2.05) is 19.1 Å². The Kier molecular flexibility index (Phi) is 2.98. The number of hydrogen-bond acceptors (Lipinski definition) is 0. The molecule has 0 saturated heterocycles. The van der Waals surface area contributed by atoms with E-state index in [0.29, 0.717) is 0 Å². The summed E-state index contributed by atoms with van der Waals surface area (Å²) in [6.07, 6.45) is 2.08. The van der Waals surface area contributed by atoms with E-state index in [4.69, 9.17) is 0 Å². The van der Waals surface area contributed by atoms with Crippen LogP contribution in [0, 0.1) is 12.7 Å². The summed E-state index contributed by atoms with van der Waals surface area (Å²) >= 11 is 0. The number of halogens is 1. The first-order chi connectivity index (χ1) is 9.19. The van der Waals surface area contributed by atoms with Gasteiger partial charge in [0.2, 0.25) is 0 Å². The van der Waals surface area contributed by atoms with E-state index in [1.165, 1.54) is 5.56 Å². The fraction of sp³-hybridized carbons (Fsp3) is 0.222. The highest BCUT2D eigenvalue weighted by Gasteiger charge is 2.07. The molecule has 3 rings (SSSR count). The van der Waals surface area contributed by atoms with E-state index >= 15 is 0 Å². The van der Waals surface area contributed by atoms with Gasteiger partial charge in [0.15, 0.2) is 0 Å². The standard InChI is InChI=1S/C18H17F/c1-3-4-13-6-8-16-15-7-5-12(2)9-14(15)11-18(19)17(16)10-13/h5-11H,3-4H2,1-2H3. The smallest absolute Gasteiger partial charge is 0.131 e. The minimum atomic E-state index is -0.119. The number of rotatable bonds is 2. The van der Waals surface area contributed by atoms with Crippen LogP contribution >= 0.6 is 0 Å². The van der Waals surface area contributed by atoms with Crippen molar-refractivity contribution >= 4 is 21.5 Å². The molecule has 0 unspecified atom stereocenters. The van der Waals surface area contributed by atoms with E-state index in [0.717, 1.165) is 39.9 Å². The summed E-state index contributed by atoms with van der Waals surface area (Å²) in [5.74, 6) is -0.119. The Balaban J connectivity index is 2.35. The third-order valence-electron chi connectivity index (χ3n) is 3.66. The van der Waals surface area contributed by atoms with Crippen molar-refractivity contribution in [3.8, 4) is 0 Å². The largest absolute Gasteiger partial charge is 0.206 e. The molecule has 19 heavy (non-hydrogen) atoms. The van der Waals surface area contributed by atoms with Crippen molar-refractivity contribution in [1.82, 2.24) is 0 Å². The van der Waals surface area contributed by atoms with Gasteiger partial charge >= 0.3 is 0 Å². The first-order valence-corrected chi connectivity index (χ1v) is 6.80. The number of benzene rings is 3. The molecule has 0 saturated carbocycles. The normalized spacial score (nSPS) is 11.3. The number of hydrogen-bond donors (Lipinski definition) is 0. The van der Waals surface area contributed by atoms with Crippen molar-refractivity contribution < 1.29 is 4.39 Å². The maximum atomic E-state index is 14.3. The van der Waals surface area contributed by atoms with Gasteiger partial charge in [-0.15, -0.1) is 0 Å². The molecule has 0 radical (unpaired) electrons. The van der Waals surface area contributed by atoms with Gasteiger partial charge in [0, 0.05) is 5.39 Å². The van der Waals surface area contributed by atoms with Gasteiger partial charge < -0.3 is 0 Å². The van der Waals surface area contributed by atoms with Gasteiger partial charge in [-0.1, -0.05) is 49.2 Å². The van der Waals surface area contributed by atoms with Crippen LogP contribution in [0.4, 0.5) is 4.39 Å². The molecule has 0 heterocycles. The molecule has 3 aromatic carbocycles. The van der Waals surface area contributed by atoms with Crippen molar-refractivity contribution in [1.29, 1.82) is 0 Å². The van der Waals surface area contributed by atoms with Crippen molar-refractivity contribution in [2.45, 2.75) is 26.7 Å². The SMILES string of the molecule is CCCc1ccc2c(c1)c(F)cc1cc(C)ccc12. The third kappa shape index (κ3) is 2.10. The first kappa shape index (κ1) is 12.2. The lowest BCUT2D eigenvalue weighted by Gasteiger charge is -2.08. The van der Waals surface area contributed by atoms with E-state index < -0.39 is 0 Å². The van der Waals surface area contributed by atoms with Crippen LogP contribution in [0.15, 0.2) is 42.5 Å². The molecular formula is C18H17F. The second kappa shape index (κ2) is 4.65. The number of fused-ring (bicyclic) bond motifs is 3. The van der Waals surface area contributed by atoms with Gasteiger partial charge in [0.05, 0.1) is 0 Å². The van der Waals surface area contributed by atoms with E-state index in [2.05, 4.69) is 31.2 Å². The third-order valence-corrected chi connectivity index (χ3v) is 3.66. The Hall–Kier alpha value is -1.89. The highest BCUT2D eigenvalue weighted by atomic mass is 19.1.